The van der Waals surface area contributed by atoms with Crippen molar-refractivity contribution in [3.05, 3.63) is 65.0 Å². The van der Waals surface area contributed by atoms with Gasteiger partial charge in [-0.2, -0.15) is 0 Å². The van der Waals surface area contributed by atoms with Gasteiger partial charge in [0, 0.05) is 18.2 Å². The van der Waals surface area contributed by atoms with Crippen LogP contribution < -0.4 is 9.62 Å². The van der Waals surface area contributed by atoms with Gasteiger partial charge >= 0.3 is 0 Å². The molecule has 0 aliphatic heterocycles. The second-order valence-electron chi connectivity index (χ2n) is 9.67. The molecule has 2 aromatic carbocycles. The topological polar surface area (TPSA) is 86.8 Å². The zero-order chi connectivity index (χ0) is 26.5. The summed E-state index contributed by atoms with van der Waals surface area (Å²) in [5.74, 6) is -1.42. The van der Waals surface area contributed by atoms with Gasteiger partial charge in [-0.1, -0.05) is 43.5 Å². The summed E-state index contributed by atoms with van der Waals surface area (Å²) < 4.78 is 40.9. The Kier molecular flexibility index (Phi) is 9.11. The number of anilines is 1. The minimum Gasteiger partial charge on any atom is -0.352 e. The van der Waals surface area contributed by atoms with Crippen molar-refractivity contribution in [2.24, 2.45) is 0 Å². The van der Waals surface area contributed by atoms with Crippen LogP contribution >= 0.6 is 0 Å². The standard InChI is InChI=1S/C27H36FN3O4S/c1-19-14-15-24(16-20(19)2)31(36(4,34)35)18-26(32)30(17-22-10-8-9-13-25(22)28)21(3)27(33)29-23-11-6-5-7-12-23/h8-10,13-16,21,23H,5-7,11-12,17-18H2,1-4H3,(H,29,33). The molecule has 9 heteroatoms. The molecule has 0 aromatic heterocycles. The van der Waals surface area contributed by atoms with Crippen LogP contribution in [0.25, 0.3) is 0 Å². The Morgan fingerprint density at radius 3 is 2.33 bits per heavy atom. The molecular weight excluding hydrogens is 481 g/mol. The number of carbonyl (C=O) groups is 2. The van der Waals surface area contributed by atoms with Gasteiger partial charge in [-0.05, 0) is 62.9 Å². The first-order valence-corrected chi connectivity index (χ1v) is 14.2. The van der Waals surface area contributed by atoms with Crippen molar-refractivity contribution >= 4 is 27.5 Å². The third-order valence-corrected chi connectivity index (χ3v) is 8.02. The molecule has 36 heavy (non-hydrogen) atoms. The molecular formula is C27H36FN3O4S. The van der Waals surface area contributed by atoms with Crippen LogP contribution in [0.2, 0.25) is 0 Å². The van der Waals surface area contributed by atoms with Gasteiger partial charge in [0.1, 0.15) is 18.4 Å². The lowest BCUT2D eigenvalue weighted by molar-refractivity contribution is -0.139. The number of nitrogens with zero attached hydrogens (tertiary/aromatic N) is 2. The number of halogens is 1. The van der Waals surface area contributed by atoms with Crippen LogP contribution in [0.15, 0.2) is 42.5 Å². The predicted molar refractivity (Wildman–Crippen MR) is 140 cm³/mol. The quantitative estimate of drug-likeness (QED) is 0.543. The lowest BCUT2D eigenvalue weighted by atomic mass is 9.95. The summed E-state index contributed by atoms with van der Waals surface area (Å²) in [6.45, 7) is 4.71. The Hall–Kier alpha value is -2.94. The first-order valence-electron chi connectivity index (χ1n) is 12.4. The highest BCUT2D eigenvalue weighted by Crippen LogP contribution is 2.23. The van der Waals surface area contributed by atoms with E-state index in [-0.39, 0.29) is 24.1 Å². The summed E-state index contributed by atoms with van der Waals surface area (Å²) in [7, 11) is -3.81. The van der Waals surface area contributed by atoms with E-state index in [4.69, 9.17) is 0 Å². The predicted octanol–water partition coefficient (Wildman–Crippen LogP) is 4.07. The number of carbonyl (C=O) groups excluding carboxylic acids is 2. The number of sulfonamides is 1. The molecule has 0 bridgehead atoms. The summed E-state index contributed by atoms with van der Waals surface area (Å²) in [5, 5.41) is 3.02. The highest BCUT2D eigenvalue weighted by molar-refractivity contribution is 7.92. The maximum absolute atomic E-state index is 14.5. The Balaban J connectivity index is 1.89. The highest BCUT2D eigenvalue weighted by Gasteiger charge is 2.31. The Bertz CT molecular complexity index is 1200. The lowest BCUT2D eigenvalue weighted by Gasteiger charge is -2.33. The lowest BCUT2D eigenvalue weighted by Crippen LogP contribution is -2.53. The van der Waals surface area contributed by atoms with Crippen LogP contribution in [0.4, 0.5) is 10.1 Å². The molecule has 0 radical (unpaired) electrons. The van der Waals surface area contributed by atoms with Gasteiger partial charge in [-0.3, -0.25) is 13.9 Å². The van der Waals surface area contributed by atoms with Crippen molar-refractivity contribution in [1.82, 2.24) is 10.2 Å². The second-order valence-corrected chi connectivity index (χ2v) is 11.6. The molecule has 0 spiro atoms. The third kappa shape index (κ3) is 7.06. The van der Waals surface area contributed by atoms with Gasteiger partial charge in [-0.15, -0.1) is 0 Å². The first kappa shape index (κ1) is 27.6. The van der Waals surface area contributed by atoms with Gasteiger partial charge < -0.3 is 10.2 Å². The van der Waals surface area contributed by atoms with Crippen LogP contribution in [0.1, 0.15) is 55.7 Å². The molecule has 2 aromatic rings. The molecule has 0 saturated heterocycles. The van der Waals surface area contributed by atoms with Crippen molar-refractivity contribution in [2.75, 3.05) is 17.1 Å². The zero-order valence-electron chi connectivity index (χ0n) is 21.5. The summed E-state index contributed by atoms with van der Waals surface area (Å²) in [5.41, 5.74) is 2.49. The third-order valence-electron chi connectivity index (χ3n) is 6.88. The number of amides is 2. The average Bonchev–Trinajstić information content (AvgIpc) is 2.83. The van der Waals surface area contributed by atoms with E-state index in [0.717, 1.165) is 53.8 Å². The number of aryl methyl sites for hydroxylation is 2. The number of hydrogen-bond donors (Lipinski definition) is 1. The van der Waals surface area contributed by atoms with E-state index in [1.807, 2.05) is 13.8 Å². The monoisotopic (exact) mass is 517 g/mol. The minimum atomic E-state index is -3.81. The van der Waals surface area contributed by atoms with Crippen LogP contribution in [0.5, 0.6) is 0 Å². The van der Waals surface area contributed by atoms with E-state index in [9.17, 15) is 22.4 Å². The van der Waals surface area contributed by atoms with Gasteiger partial charge in [0.2, 0.25) is 21.8 Å². The van der Waals surface area contributed by atoms with E-state index in [0.29, 0.717) is 5.69 Å². The first-order chi connectivity index (χ1) is 17.0. The number of rotatable bonds is 9. The molecule has 1 atom stereocenters. The largest absolute Gasteiger partial charge is 0.352 e. The molecule has 1 fully saturated rings. The van der Waals surface area contributed by atoms with Crippen molar-refractivity contribution in [2.45, 2.75) is 71.5 Å². The smallest absolute Gasteiger partial charge is 0.244 e. The van der Waals surface area contributed by atoms with E-state index in [1.165, 1.54) is 11.0 Å². The second kappa shape index (κ2) is 11.9. The maximum atomic E-state index is 14.5. The van der Waals surface area contributed by atoms with Crippen LogP contribution in [-0.2, 0) is 26.2 Å². The molecule has 1 aliphatic carbocycles. The van der Waals surface area contributed by atoms with Crippen molar-refractivity contribution in [3.8, 4) is 0 Å². The summed E-state index contributed by atoms with van der Waals surface area (Å²) in [4.78, 5) is 28.0. The van der Waals surface area contributed by atoms with Crippen molar-refractivity contribution < 1.29 is 22.4 Å². The molecule has 3 rings (SSSR count). The molecule has 2 amide bonds. The van der Waals surface area contributed by atoms with Crippen molar-refractivity contribution in [3.63, 3.8) is 0 Å². The van der Waals surface area contributed by atoms with Gasteiger partial charge in [0.25, 0.3) is 0 Å². The fraction of sp³-hybridized carbons (Fsp3) is 0.481. The highest BCUT2D eigenvalue weighted by atomic mass is 32.2. The summed E-state index contributed by atoms with van der Waals surface area (Å²) >= 11 is 0. The molecule has 1 aliphatic rings. The average molecular weight is 518 g/mol. The molecule has 1 saturated carbocycles. The summed E-state index contributed by atoms with van der Waals surface area (Å²) in [6.07, 6.45) is 6.02. The Labute approximate surface area is 213 Å². The number of benzene rings is 2. The van der Waals surface area contributed by atoms with E-state index in [2.05, 4.69) is 5.32 Å². The van der Waals surface area contributed by atoms with Crippen LogP contribution in [0.3, 0.4) is 0 Å². The molecule has 1 unspecified atom stereocenters. The summed E-state index contributed by atoms with van der Waals surface area (Å²) in [6, 6.07) is 10.3. The number of nitrogens with one attached hydrogen (secondary N) is 1. The fourth-order valence-electron chi connectivity index (χ4n) is 4.46. The number of hydrogen-bond acceptors (Lipinski definition) is 4. The minimum absolute atomic E-state index is 0.0437. The Morgan fingerprint density at radius 2 is 1.72 bits per heavy atom. The van der Waals surface area contributed by atoms with Gasteiger partial charge in [0.05, 0.1) is 11.9 Å². The van der Waals surface area contributed by atoms with Gasteiger partial charge in [0.15, 0.2) is 0 Å². The van der Waals surface area contributed by atoms with E-state index >= 15 is 0 Å². The van der Waals surface area contributed by atoms with Crippen molar-refractivity contribution in [1.29, 1.82) is 0 Å². The van der Waals surface area contributed by atoms with Crippen LogP contribution in [-0.4, -0.2) is 50.0 Å². The molecule has 1 N–H and O–H groups in total. The maximum Gasteiger partial charge on any atom is 0.244 e. The molecule has 196 valence electrons. The van der Waals surface area contributed by atoms with E-state index < -0.39 is 34.3 Å². The van der Waals surface area contributed by atoms with E-state index in [1.54, 1.807) is 43.3 Å². The van der Waals surface area contributed by atoms with Crippen LogP contribution in [0, 0.1) is 19.7 Å². The Morgan fingerprint density at radius 1 is 1.06 bits per heavy atom. The molecule has 0 heterocycles. The fourth-order valence-corrected chi connectivity index (χ4v) is 5.30. The normalized spacial score (nSPS) is 15.2. The zero-order valence-corrected chi connectivity index (χ0v) is 22.3. The van der Waals surface area contributed by atoms with Gasteiger partial charge in [-0.25, -0.2) is 12.8 Å². The SMILES string of the molecule is Cc1ccc(N(CC(=O)N(Cc2ccccc2F)C(C)C(=O)NC2CCCCC2)S(C)(=O)=O)cc1C. The molecule has 7 nitrogen and oxygen atoms in total.